The Morgan fingerprint density at radius 3 is 2.33 bits per heavy atom. The Bertz CT molecular complexity index is 214. The molecular formula is C5H6KN3O3. The minimum atomic E-state index is -2.08. The fourth-order valence-electron chi connectivity index (χ4n) is 0.301. The summed E-state index contributed by atoms with van der Waals surface area (Å²) < 4.78 is 0. The fourth-order valence-corrected chi connectivity index (χ4v) is 0.301. The molecule has 7 heteroatoms. The molecule has 1 aromatic heterocycles. The van der Waals surface area contributed by atoms with Crippen molar-refractivity contribution in [2.45, 2.75) is 0 Å². The van der Waals surface area contributed by atoms with Gasteiger partial charge in [0.15, 0.2) is 0 Å². The second kappa shape index (κ2) is 8.88. The van der Waals surface area contributed by atoms with Crippen molar-refractivity contribution in [2.24, 2.45) is 0 Å². The molecule has 0 aromatic carbocycles. The zero-order chi connectivity index (χ0) is 8.69. The van der Waals surface area contributed by atoms with Crippen LogP contribution >= 0.6 is 0 Å². The van der Waals surface area contributed by atoms with Gasteiger partial charge in [0.25, 0.3) is 0 Å². The molecule has 0 radical (unpaired) electrons. The Morgan fingerprint density at radius 2 is 2.17 bits per heavy atom. The van der Waals surface area contributed by atoms with Crippen molar-refractivity contribution in [1.82, 2.24) is 9.97 Å². The SMILES string of the molecule is Nc1ccncn1.O=C([O-])O.[K+]. The average Bonchev–Trinajstić information content (AvgIpc) is 1.87. The third kappa shape index (κ3) is 12.5. The molecule has 60 valence electrons. The van der Waals surface area contributed by atoms with E-state index in [2.05, 4.69) is 9.97 Å². The van der Waals surface area contributed by atoms with E-state index in [0.717, 1.165) is 0 Å². The summed E-state index contributed by atoms with van der Waals surface area (Å²) in [6.07, 6.45) is 0.928. The molecule has 6 nitrogen and oxygen atoms in total. The Labute approximate surface area is 111 Å². The van der Waals surface area contributed by atoms with Crippen LogP contribution in [0.15, 0.2) is 18.6 Å². The fraction of sp³-hybridized carbons (Fsp3) is 0. The summed E-state index contributed by atoms with van der Waals surface area (Å²) in [4.78, 5) is 15.7. The summed E-state index contributed by atoms with van der Waals surface area (Å²) >= 11 is 0. The van der Waals surface area contributed by atoms with Crippen LogP contribution in [0.1, 0.15) is 0 Å². The molecule has 3 N–H and O–H groups in total. The van der Waals surface area contributed by atoms with Gasteiger partial charge in [0.1, 0.15) is 12.1 Å². The van der Waals surface area contributed by atoms with Gasteiger partial charge in [-0.25, -0.2) is 9.97 Å². The van der Waals surface area contributed by atoms with Crippen LogP contribution in [0.2, 0.25) is 0 Å². The van der Waals surface area contributed by atoms with Crippen molar-refractivity contribution in [3.05, 3.63) is 18.6 Å². The predicted molar refractivity (Wildman–Crippen MR) is 34.5 cm³/mol. The van der Waals surface area contributed by atoms with Crippen molar-refractivity contribution >= 4 is 12.0 Å². The normalized spacial score (nSPS) is 7.00. The number of nitrogen functional groups attached to an aromatic ring is 1. The molecule has 1 aromatic rings. The number of anilines is 1. The van der Waals surface area contributed by atoms with Gasteiger partial charge in [0, 0.05) is 6.20 Å². The molecule has 0 unspecified atom stereocenters. The van der Waals surface area contributed by atoms with E-state index in [9.17, 15) is 0 Å². The Hall–Kier alpha value is -0.214. The maximum Gasteiger partial charge on any atom is 1.00 e. The van der Waals surface area contributed by atoms with Crippen molar-refractivity contribution in [1.29, 1.82) is 0 Å². The Kier molecular flexibility index (Phi) is 10.6. The van der Waals surface area contributed by atoms with E-state index in [1.807, 2.05) is 0 Å². The van der Waals surface area contributed by atoms with E-state index in [0.29, 0.717) is 5.82 Å². The molecular weight excluding hydrogens is 189 g/mol. The topological polar surface area (TPSA) is 112 Å². The summed E-state index contributed by atoms with van der Waals surface area (Å²) in [6, 6.07) is 1.64. The van der Waals surface area contributed by atoms with E-state index in [1.165, 1.54) is 6.33 Å². The van der Waals surface area contributed by atoms with Crippen LogP contribution in [0.3, 0.4) is 0 Å². The van der Waals surface area contributed by atoms with Gasteiger partial charge in [-0.05, 0) is 6.07 Å². The number of nitrogens with two attached hydrogens (primary N) is 1. The van der Waals surface area contributed by atoms with Gasteiger partial charge in [0.05, 0.1) is 0 Å². The molecule has 0 aliphatic carbocycles. The number of hydrogen-bond acceptors (Lipinski definition) is 5. The molecule has 12 heavy (non-hydrogen) atoms. The van der Waals surface area contributed by atoms with E-state index < -0.39 is 6.16 Å². The van der Waals surface area contributed by atoms with Crippen LogP contribution in [0.25, 0.3) is 0 Å². The first-order chi connectivity index (χ1) is 5.13. The molecule has 1 rings (SSSR count). The van der Waals surface area contributed by atoms with E-state index >= 15 is 0 Å². The third-order valence-electron chi connectivity index (χ3n) is 0.605. The van der Waals surface area contributed by atoms with E-state index in [-0.39, 0.29) is 51.4 Å². The van der Waals surface area contributed by atoms with Gasteiger partial charge in [-0.1, -0.05) is 0 Å². The summed E-state index contributed by atoms with van der Waals surface area (Å²) in [5.74, 6) is 0.509. The number of carboxylic acid groups (broad SMARTS) is 2. The first-order valence-electron chi connectivity index (χ1n) is 2.54. The van der Waals surface area contributed by atoms with Crippen LogP contribution in [-0.2, 0) is 0 Å². The maximum absolute atomic E-state index is 8.44. The number of nitrogens with zero attached hydrogens (tertiary/aromatic N) is 2. The van der Waals surface area contributed by atoms with Crippen LogP contribution in [0.5, 0.6) is 0 Å². The number of rotatable bonds is 0. The van der Waals surface area contributed by atoms with Crippen LogP contribution in [-0.4, -0.2) is 21.2 Å². The van der Waals surface area contributed by atoms with Crippen LogP contribution in [0.4, 0.5) is 10.6 Å². The quantitative estimate of drug-likeness (QED) is 0.407. The van der Waals surface area contributed by atoms with Gasteiger partial charge < -0.3 is 20.7 Å². The minimum Gasteiger partial charge on any atom is -0.565 e. The molecule has 0 amide bonds. The molecule has 0 spiro atoms. The van der Waals surface area contributed by atoms with E-state index in [4.69, 9.17) is 20.7 Å². The van der Waals surface area contributed by atoms with Crippen molar-refractivity contribution in [3.8, 4) is 0 Å². The van der Waals surface area contributed by atoms with Gasteiger partial charge >= 0.3 is 51.4 Å². The van der Waals surface area contributed by atoms with E-state index in [1.54, 1.807) is 12.3 Å². The van der Waals surface area contributed by atoms with Crippen molar-refractivity contribution in [3.63, 3.8) is 0 Å². The smallest absolute Gasteiger partial charge is 0.565 e. The Morgan fingerprint density at radius 1 is 1.67 bits per heavy atom. The van der Waals surface area contributed by atoms with Crippen LogP contribution < -0.4 is 62.2 Å². The van der Waals surface area contributed by atoms with Crippen molar-refractivity contribution in [2.75, 3.05) is 5.73 Å². The minimum absolute atomic E-state index is 0. The molecule has 0 bridgehead atoms. The van der Waals surface area contributed by atoms with Gasteiger partial charge in [-0.15, -0.1) is 0 Å². The van der Waals surface area contributed by atoms with Gasteiger partial charge in [-0.3, -0.25) is 0 Å². The molecule has 0 aliphatic heterocycles. The molecule has 0 aliphatic rings. The number of aromatic nitrogens is 2. The molecule has 0 fully saturated rings. The summed E-state index contributed by atoms with van der Waals surface area (Å²) in [6.45, 7) is 0. The third-order valence-corrected chi connectivity index (χ3v) is 0.605. The van der Waals surface area contributed by atoms with Gasteiger partial charge in [-0.2, -0.15) is 0 Å². The molecule has 0 saturated heterocycles. The number of hydrogen-bond donors (Lipinski definition) is 2. The monoisotopic (exact) mass is 195 g/mol. The van der Waals surface area contributed by atoms with Gasteiger partial charge in [0.2, 0.25) is 6.16 Å². The largest absolute Gasteiger partial charge is 1.00 e. The molecule has 0 saturated carbocycles. The summed E-state index contributed by atoms with van der Waals surface area (Å²) in [5, 5.41) is 15.3. The van der Waals surface area contributed by atoms with Crippen LogP contribution in [0, 0.1) is 0 Å². The second-order valence-corrected chi connectivity index (χ2v) is 1.40. The second-order valence-electron chi connectivity index (χ2n) is 1.40. The summed E-state index contributed by atoms with van der Waals surface area (Å²) in [5.41, 5.74) is 5.21. The standard InChI is InChI=1S/C4H5N3.CH2O3.K/c5-4-1-2-6-3-7-4;2-1(3)4;/h1-3H,(H2,5,6,7);(H2,2,3,4);/q;;+1/p-1. The maximum atomic E-state index is 8.44. The first-order valence-corrected chi connectivity index (χ1v) is 2.54. The Balaban J connectivity index is 0. The first kappa shape index (κ1) is 14.3. The molecule has 1 heterocycles. The predicted octanol–water partition coefficient (Wildman–Crippen LogP) is -4.05. The number of carbonyl (C=O) groups is 1. The zero-order valence-electron chi connectivity index (χ0n) is 6.47. The summed E-state index contributed by atoms with van der Waals surface area (Å²) in [7, 11) is 0. The van der Waals surface area contributed by atoms with Crippen molar-refractivity contribution < 1.29 is 66.4 Å². The average molecular weight is 195 g/mol. The zero-order valence-corrected chi connectivity index (χ0v) is 9.59. The molecule has 0 atom stereocenters.